The first kappa shape index (κ1) is 16.9. The summed E-state index contributed by atoms with van der Waals surface area (Å²) in [6.07, 6.45) is 0.307. The zero-order valence-electron chi connectivity index (χ0n) is 13.4. The van der Waals surface area contributed by atoms with E-state index in [1.54, 1.807) is 42.5 Å². The molecule has 126 valence electrons. The third-order valence-corrected chi connectivity index (χ3v) is 5.82. The molecule has 4 nitrogen and oxygen atoms in total. The number of nitrogens with two attached hydrogens (primary N) is 1. The van der Waals surface area contributed by atoms with Gasteiger partial charge in [0.2, 0.25) is 15.7 Å². The second-order valence-corrected chi connectivity index (χ2v) is 7.54. The molecular formula is C20H17NO3S. The van der Waals surface area contributed by atoms with Crippen LogP contribution in [0.15, 0.2) is 88.7 Å². The van der Waals surface area contributed by atoms with Crippen molar-refractivity contribution >= 4 is 15.7 Å². The number of primary amides is 1. The maximum absolute atomic E-state index is 13.1. The summed E-state index contributed by atoms with van der Waals surface area (Å²) in [5.74, 6) is -0.643. The summed E-state index contributed by atoms with van der Waals surface area (Å²) < 4.78 is 26.1. The minimum Gasteiger partial charge on any atom is -0.366 e. The summed E-state index contributed by atoms with van der Waals surface area (Å²) in [5, 5.41) is 0. The van der Waals surface area contributed by atoms with Crippen LogP contribution in [0.2, 0.25) is 0 Å². The molecule has 3 aromatic rings. The van der Waals surface area contributed by atoms with Gasteiger partial charge in [-0.3, -0.25) is 4.79 Å². The molecule has 0 fully saturated rings. The lowest BCUT2D eigenvalue weighted by Crippen LogP contribution is -2.17. The summed E-state index contributed by atoms with van der Waals surface area (Å²) >= 11 is 0. The predicted molar refractivity (Wildman–Crippen MR) is 96.1 cm³/mol. The summed E-state index contributed by atoms with van der Waals surface area (Å²) in [6, 6.07) is 22.2. The number of rotatable bonds is 5. The molecule has 0 aliphatic heterocycles. The Hall–Kier alpha value is -2.92. The van der Waals surface area contributed by atoms with Crippen molar-refractivity contribution in [3.05, 3.63) is 95.6 Å². The van der Waals surface area contributed by atoms with Crippen molar-refractivity contribution in [2.24, 2.45) is 5.73 Å². The standard InChI is InChI=1S/C20H17NO3S/c21-20(22)17-12-7-13-19(18(17)14-15-8-3-1-4-9-15)25(23,24)16-10-5-2-6-11-16/h1-13H,14H2,(H2,21,22). The highest BCUT2D eigenvalue weighted by Crippen LogP contribution is 2.28. The van der Waals surface area contributed by atoms with E-state index in [-0.39, 0.29) is 15.4 Å². The molecule has 3 aromatic carbocycles. The van der Waals surface area contributed by atoms with Gasteiger partial charge < -0.3 is 5.73 Å². The first-order valence-corrected chi connectivity index (χ1v) is 9.24. The van der Waals surface area contributed by atoms with Crippen LogP contribution in [0.1, 0.15) is 21.5 Å². The molecule has 0 radical (unpaired) electrons. The number of sulfone groups is 1. The van der Waals surface area contributed by atoms with Crippen LogP contribution in [0.5, 0.6) is 0 Å². The smallest absolute Gasteiger partial charge is 0.249 e. The van der Waals surface area contributed by atoms with Gasteiger partial charge in [-0.2, -0.15) is 0 Å². The Kier molecular flexibility index (Phi) is 4.67. The van der Waals surface area contributed by atoms with Gasteiger partial charge in [0.15, 0.2) is 0 Å². The van der Waals surface area contributed by atoms with Gasteiger partial charge in [0.25, 0.3) is 0 Å². The van der Waals surface area contributed by atoms with Gasteiger partial charge in [0, 0.05) is 5.56 Å². The Balaban J connectivity index is 2.20. The average Bonchev–Trinajstić information content (AvgIpc) is 2.63. The highest BCUT2D eigenvalue weighted by atomic mass is 32.2. The first-order valence-electron chi connectivity index (χ1n) is 7.76. The Labute approximate surface area is 146 Å². The average molecular weight is 351 g/mol. The minimum absolute atomic E-state index is 0.110. The van der Waals surface area contributed by atoms with E-state index in [1.165, 1.54) is 6.07 Å². The molecule has 2 N–H and O–H groups in total. The van der Waals surface area contributed by atoms with Crippen LogP contribution in [0.25, 0.3) is 0 Å². The Morgan fingerprint density at radius 2 is 1.40 bits per heavy atom. The zero-order chi connectivity index (χ0) is 17.9. The Morgan fingerprint density at radius 3 is 2.00 bits per heavy atom. The number of carbonyl (C=O) groups excluding carboxylic acids is 1. The Morgan fingerprint density at radius 1 is 0.800 bits per heavy atom. The predicted octanol–water partition coefficient (Wildman–Crippen LogP) is 3.21. The quantitative estimate of drug-likeness (QED) is 0.767. The van der Waals surface area contributed by atoms with Gasteiger partial charge in [-0.15, -0.1) is 0 Å². The molecule has 0 saturated carbocycles. The van der Waals surface area contributed by atoms with Crippen molar-refractivity contribution in [2.75, 3.05) is 0 Å². The van der Waals surface area contributed by atoms with E-state index in [0.29, 0.717) is 12.0 Å². The molecule has 25 heavy (non-hydrogen) atoms. The fraction of sp³-hybridized carbons (Fsp3) is 0.0500. The van der Waals surface area contributed by atoms with Crippen LogP contribution in [-0.2, 0) is 16.3 Å². The number of amides is 1. The van der Waals surface area contributed by atoms with Gasteiger partial charge in [-0.25, -0.2) is 8.42 Å². The van der Waals surface area contributed by atoms with Crippen LogP contribution in [0.4, 0.5) is 0 Å². The molecule has 0 aliphatic rings. The maximum Gasteiger partial charge on any atom is 0.249 e. The highest BCUT2D eigenvalue weighted by Gasteiger charge is 2.24. The molecule has 0 unspecified atom stereocenters. The Bertz CT molecular complexity index is 998. The van der Waals surface area contributed by atoms with Crippen molar-refractivity contribution in [1.82, 2.24) is 0 Å². The summed E-state index contributed by atoms with van der Waals surface area (Å²) in [5.41, 5.74) is 7.03. The fourth-order valence-corrected chi connectivity index (χ4v) is 4.29. The molecule has 0 heterocycles. The summed E-state index contributed by atoms with van der Waals surface area (Å²) in [4.78, 5) is 12.2. The topological polar surface area (TPSA) is 77.2 Å². The van der Waals surface area contributed by atoms with Crippen LogP contribution >= 0.6 is 0 Å². The number of hydrogen-bond acceptors (Lipinski definition) is 3. The van der Waals surface area contributed by atoms with Crippen molar-refractivity contribution in [3.63, 3.8) is 0 Å². The lowest BCUT2D eigenvalue weighted by Gasteiger charge is -2.14. The minimum atomic E-state index is -3.75. The van der Waals surface area contributed by atoms with Gasteiger partial charge >= 0.3 is 0 Å². The highest BCUT2D eigenvalue weighted by molar-refractivity contribution is 7.91. The van der Waals surface area contributed by atoms with E-state index >= 15 is 0 Å². The number of benzene rings is 3. The van der Waals surface area contributed by atoms with E-state index in [9.17, 15) is 13.2 Å². The van der Waals surface area contributed by atoms with Gasteiger partial charge in [-0.05, 0) is 41.8 Å². The van der Waals surface area contributed by atoms with Gasteiger partial charge in [-0.1, -0.05) is 54.6 Å². The second kappa shape index (κ2) is 6.91. The monoisotopic (exact) mass is 351 g/mol. The molecule has 0 atom stereocenters. The second-order valence-electron chi connectivity index (χ2n) is 5.63. The van der Waals surface area contributed by atoms with Crippen molar-refractivity contribution in [3.8, 4) is 0 Å². The van der Waals surface area contributed by atoms with Gasteiger partial charge in [0.1, 0.15) is 0 Å². The van der Waals surface area contributed by atoms with Crippen LogP contribution in [0.3, 0.4) is 0 Å². The van der Waals surface area contributed by atoms with Crippen molar-refractivity contribution < 1.29 is 13.2 Å². The number of carbonyl (C=O) groups is 1. The molecule has 0 saturated heterocycles. The molecule has 1 amide bonds. The van der Waals surface area contributed by atoms with E-state index < -0.39 is 15.7 Å². The summed E-state index contributed by atoms with van der Waals surface area (Å²) in [7, 11) is -3.75. The van der Waals surface area contributed by atoms with Gasteiger partial charge in [0.05, 0.1) is 9.79 Å². The van der Waals surface area contributed by atoms with Crippen LogP contribution < -0.4 is 5.73 Å². The van der Waals surface area contributed by atoms with Crippen molar-refractivity contribution in [2.45, 2.75) is 16.2 Å². The SMILES string of the molecule is NC(=O)c1cccc(S(=O)(=O)c2ccccc2)c1Cc1ccccc1. The largest absolute Gasteiger partial charge is 0.366 e. The third kappa shape index (κ3) is 3.46. The van der Waals surface area contributed by atoms with Crippen LogP contribution in [0, 0.1) is 0 Å². The summed E-state index contributed by atoms with van der Waals surface area (Å²) in [6.45, 7) is 0. The molecule has 3 rings (SSSR count). The first-order chi connectivity index (χ1) is 12.0. The maximum atomic E-state index is 13.1. The zero-order valence-corrected chi connectivity index (χ0v) is 14.2. The molecule has 0 spiro atoms. The lowest BCUT2D eigenvalue weighted by atomic mass is 9.99. The molecule has 0 bridgehead atoms. The van der Waals surface area contributed by atoms with E-state index in [4.69, 9.17) is 5.73 Å². The fourth-order valence-electron chi connectivity index (χ4n) is 2.76. The van der Waals surface area contributed by atoms with E-state index in [2.05, 4.69) is 0 Å². The molecule has 5 heteroatoms. The molecular weight excluding hydrogens is 334 g/mol. The van der Waals surface area contributed by atoms with E-state index in [0.717, 1.165) is 5.56 Å². The van der Waals surface area contributed by atoms with E-state index in [1.807, 2.05) is 30.3 Å². The third-order valence-electron chi connectivity index (χ3n) is 3.97. The molecule has 0 aliphatic carbocycles. The number of hydrogen-bond donors (Lipinski definition) is 1. The normalized spacial score (nSPS) is 11.2. The molecule has 0 aromatic heterocycles. The lowest BCUT2D eigenvalue weighted by molar-refractivity contribution is 0.0999. The van der Waals surface area contributed by atoms with Crippen molar-refractivity contribution in [1.29, 1.82) is 0 Å². The van der Waals surface area contributed by atoms with Crippen LogP contribution in [-0.4, -0.2) is 14.3 Å².